The number of fused-ring (bicyclic) bond motifs is 1. The first kappa shape index (κ1) is 5.33. The van der Waals surface area contributed by atoms with Crippen LogP contribution >= 0.6 is 0 Å². The minimum Gasteiger partial charge on any atom is -0.385 e. The van der Waals surface area contributed by atoms with Gasteiger partial charge in [-0.05, 0) is 12.8 Å². The first-order chi connectivity index (χ1) is 4.24. The van der Waals surface area contributed by atoms with Crippen LogP contribution in [-0.4, -0.2) is 6.04 Å². The fraction of sp³-hybridized carbons (Fsp3) is 0.750. The predicted octanol–water partition coefficient (Wildman–Crippen LogP) is 1.66. The summed E-state index contributed by atoms with van der Waals surface area (Å²) < 4.78 is 0. The van der Waals surface area contributed by atoms with Crippen molar-refractivity contribution in [1.29, 1.82) is 0 Å². The monoisotopic (exact) mass is 123 g/mol. The van der Waals surface area contributed by atoms with Crippen LogP contribution in [0.15, 0.2) is 11.8 Å². The molecule has 0 aromatic heterocycles. The van der Waals surface area contributed by atoms with Crippen molar-refractivity contribution < 1.29 is 0 Å². The summed E-state index contributed by atoms with van der Waals surface area (Å²) in [5.41, 5.74) is 2.01. The van der Waals surface area contributed by atoms with Gasteiger partial charge in [0.05, 0.1) is 0 Å². The van der Waals surface area contributed by atoms with E-state index in [9.17, 15) is 0 Å². The second kappa shape index (κ2) is 1.34. The van der Waals surface area contributed by atoms with E-state index in [0.717, 1.165) is 6.04 Å². The highest BCUT2D eigenvalue weighted by Crippen LogP contribution is 2.51. The SMILES string of the molecule is CCC1=CC2(C)CC2N1. The van der Waals surface area contributed by atoms with Gasteiger partial charge in [-0.15, -0.1) is 0 Å². The van der Waals surface area contributed by atoms with Gasteiger partial charge in [0.2, 0.25) is 0 Å². The van der Waals surface area contributed by atoms with Gasteiger partial charge in [0, 0.05) is 17.2 Å². The summed E-state index contributed by atoms with van der Waals surface area (Å²) in [7, 11) is 0. The first-order valence-electron chi connectivity index (χ1n) is 3.73. The molecular weight excluding hydrogens is 110 g/mol. The van der Waals surface area contributed by atoms with Gasteiger partial charge < -0.3 is 5.32 Å². The zero-order valence-corrected chi connectivity index (χ0v) is 6.07. The van der Waals surface area contributed by atoms with Crippen LogP contribution in [0.2, 0.25) is 0 Å². The van der Waals surface area contributed by atoms with Gasteiger partial charge in [-0.1, -0.05) is 19.9 Å². The van der Waals surface area contributed by atoms with E-state index in [1.54, 1.807) is 0 Å². The van der Waals surface area contributed by atoms with Crippen LogP contribution in [0.3, 0.4) is 0 Å². The fourth-order valence-corrected chi connectivity index (χ4v) is 1.62. The molecule has 2 atom stereocenters. The maximum atomic E-state index is 3.48. The van der Waals surface area contributed by atoms with Gasteiger partial charge in [-0.25, -0.2) is 0 Å². The topological polar surface area (TPSA) is 12.0 Å². The Kier molecular flexibility index (Phi) is 0.792. The Morgan fingerprint density at radius 3 is 3.00 bits per heavy atom. The molecule has 1 heterocycles. The van der Waals surface area contributed by atoms with Crippen LogP contribution in [0.4, 0.5) is 0 Å². The van der Waals surface area contributed by atoms with E-state index in [4.69, 9.17) is 0 Å². The Hall–Kier alpha value is -0.460. The normalized spacial score (nSPS) is 45.6. The molecule has 2 rings (SSSR count). The molecule has 1 saturated carbocycles. The summed E-state index contributed by atoms with van der Waals surface area (Å²) in [5, 5.41) is 3.48. The van der Waals surface area contributed by atoms with Crippen LogP contribution in [0.5, 0.6) is 0 Å². The third kappa shape index (κ3) is 0.606. The lowest BCUT2D eigenvalue weighted by Gasteiger charge is -1.99. The molecule has 0 bridgehead atoms. The molecule has 2 unspecified atom stereocenters. The van der Waals surface area contributed by atoms with Crippen LogP contribution in [0.1, 0.15) is 26.7 Å². The first-order valence-corrected chi connectivity index (χ1v) is 3.73. The Labute approximate surface area is 56.1 Å². The van der Waals surface area contributed by atoms with Gasteiger partial charge in [0.1, 0.15) is 0 Å². The molecule has 1 aliphatic heterocycles. The number of hydrogen-bond donors (Lipinski definition) is 1. The Bertz CT molecular complexity index is 171. The van der Waals surface area contributed by atoms with E-state index in [2.05, 4.69) is 25.2 Å². The summed E-state index contributed by atoms with van der Waals surface area (Å²) in [4.78, 5) is 0. The highest BCUT2D eigenvalue weighted by molar-refractivity contribution is 5.29. The number of allylic oxidation sites excluding steroid dienone is 1. The molecule has 0 saturated heterocycles. The molecule has 0 aromatic carbocycles. The summed E-state index contributed by atoms with van der Waals surface area (Å²) in [6.45, 7) is 4.53. The molecule has 9 heavy (non-hydrogen) atoms. The second-order valence-corrected chi connectivity index (χ2v) is 3.43. The van der Waals surface area contributed by atoms with Crippen LogP contribution < -0.4 is 5.32 Å². The lowest BCUT2D eigenvalue weighted by Crippen LogP contribution is -2.11. The zero-order chi connectivity index (χ0) is 6.48. The maximum absolute atomic E-state index is 3.48. The number of nitrogens with one attached hydrogen (secondary N) is 1. The molecular formula is C8H13N. The zero-order valence-electron chi connectivity index (χ0n) is 6.07. The molecule has 1 N–H and O–H groups in total. The predicted molar refractivity (Wildman–Crippen MR) is 38.0 cm³/mol. The summed E-state index contributed by atoms with van der Waals surface area (Å²) in [5.74, 6) is 0. The molecule has 0 spiro atoms. The highest BCUT2D eigenvalue weighted by atomic mass is 15.0. The van der Waals surface area contributed by atoms with E-state index >= 15 is 0 Å². The molecule has 0 aromatic rings. The lowest BCUT2D eigenvalue weighted by atomic mass is 10.1. The van der Waals surface area contributed by atoms with Gasteiger partial charge in [-0.3, -0.25) is 0 Å². The lowest BCUT2D eigenvalue weighted by molar-refractivity contribution is 0.697. The van der Waals surface area contributed by atoms with Crippen molar-refractivity contribution in [2.24, 2.45) is 5.41 Å². The van der Waals surface area contributed by atoms with Crippen molar-refractivity contribution in [2.45, 2.75) is 32.7 Å². The highest BCUT2D eigenvalue weighted by Gasteiger charge is 2.52. The van der Waals surface area contributed by atoms with Crippen LogP contribution in [0, 0.1) is 5.41 Å². The summed E-state index contributed by atoms with van der Waals surface area (Å²) in [6.07, 6.45) is 4.93. The third-order valence-corrected chi connectivity index (χ3v) is 2.52. The van der Waals surface area contributed by atoms with Crippen molar-refractivity contribution in [2.75, 3.05) is 0 Å². The second-order valence-electron chi connectivity index (χ2n) is 3.43. The number of hydrogen-bond acceptors (Lipinski definition) is 1. The molecule has 1 aliphatic carbocycles. The Morgan fingerprint density at radius 2 is 2.67 bits per heavy atom. The smallest absolute Gasteiger partial charge is 0.0356 e. The van der Waals surface area contributed by atoms with Crippen molar-refractivity contribution in [3.05, 3.63) is 11.8 Å². The van der Waals surface area contributed by atoms with Crippen LogP contribution in [0.25, 0.3) is 0 Å². The molecule has 1 nitrogen and oxygen atoms in total. The molecule has 0 radical (unpaired) electrons. The number of rotatable bonds is 1. The van der Waals surface area contributed by atoms with E-state index in [1.807, 2.05) is 0 Å². The summed E-state index contributed by atoms with van der Waals surface area (Å²) in [6, 6.07) is 0.799. The van der Waals surface area contributed by atoms with Crippen LogP contribution in [-0.2, 0) is 0 Å². The summed E-state index contributed by atoms with van der Waals surface area (Å²) >= 11 is 0. The fourth-order valence-electron chi connectivity index (χ4n) is 1.62. The van der Waals surface area contributed by atoms with E-state index in [-0.39, 0.29) is 0 Å². The average Bonchev–Trinajstić information content (AvgIpc) is 2.33. The molecule has 2 aliphatic rings. The largest absolute Gasteiger partial charge is 0.385 e. The van der Waals surface area contributed by atoms with E-state index < -0.39 is 0 Å². The Morgan fingerprint density at radius 1 is 1.89 bits per heavy atom. The van der Waals surface area contributed by atoms with Crippen molar-refractivity contribution in [3.63, 3.8) is 0 Å². The maximum Gasteiger partial charge on any atom is 0.0356 e. The Balaban J connectivity index is 2.16. The van der Waals surface area contributed by atoms with Gasteiger partial charge in [-0.2, -0.15) is 0 Å². The third-order valence-electron chi connectivity index (χ3n) is 2.52. The van der Waals surface area contributed by atoms with Gasteiger partial charge >= 0.3 is 0 Å². The van der Waals surface area contributed by atoms with Gasteiger partial charge in [0.15, 0.2) is 0 Å². The minimum absolute atomic E-state index is 0.561. The van der Waals surface area contributed by atoms with Crippen molar-refractivity contribution in [1.82, 2.24) is 5.32 Å². The van der Waals surface area contributed by atoms with E-state index in [0.29, 0.717) is 5.41 Å². The quantitative estimate of drug-likeness (QED) is 0.559. The standard InChI is InChI=1S/C8H13N/c1-3-6-4-8(2)5-7(8)9-6/h4,7,9H,3,5H2,1-2H3. The van der Waals surface area contributed by atoms with Gasteiger partial charge in [0.25, 0.3) is 0 Å². The van der Waals surface area contributed by atoms with Crippen molar-refractivity contribution in [3.8, 4) is 0 Å². The molecule has 1 fully saturated rings. The average molecular weight is 123 g/mol. The molecule has 1 heteroatoms. The molecule has 0 amide bonds. The minimum atomic E-state index is 0.561. The molecule has 50 valence electrons. The van der Waals surface area contributed by atoms with Crippen molar-refractivity contribution >= 4 is 0 Å². The van der Waals surface area contributed by atoms with E-state index in [1.165, 1.54) is 18.5 Å².